The van der Waals surface area contributed by atoms with Crippen molar-refractivity contribution >= 4 is 33.1 Å². The van der Waals surface area contributed by atoms with Crippen molar-refractivity contribution in [2.75, 3.05) is 18.4 Å². The number of para-hydroxylation sites is 1. The summed E-state index contributed by atoms with van der Waals surface area (Å²) in [6, 6.07) is 14.2. The number of amides is 1. The second-order valence-electron chi connectivity index (χ2n) is 6.56. The van der Waals surface area contributed by atoms with Crippen molar-refractivity contribution in [3.8, 4) is 0 Å². The average molecular weight is 369 g/mol. The summed E-state index contributed by atoms with van der Waals surface area (Å²) >= 11 is 1.71. The minimum atomic E-state index is -0.310. The second-order valence-corrected chi connectivity index (χ2v) is 7.62. The van der Waals surface area contributed by atoms with Crippen LogP contribution in [0.3, 0.4) is 0 Å². The maximum absolute atomic E-state index is 13.0. The predicted octanol–water partition coefficient (Wildman–Crippen LogP) is 4.60. The van der Waals surface area contributed by atoms with Crippen molar-refractivity contribution in [3.63, 3.8) is 0 Å². The van der Waals surface area contributed by atoms with Crippen LogP contribution in [0.15, 0.2) is 48.5 Å². The maximum Gasteiger partial charge on any atom is 0.238 e. The molecule has 1 N–H and O–H groups in total. The Hall–Kier alpha value is -2.31. The number of rotatable bonds is 4. The Labute approximate surface area is 155 Å². The number of aromatic nitrogens is 1. The van der Waals surface area contributed by atoms with E-state index < -0.39 is 0 Å². The van der Waals surface area contributed by atoms with E-state index in [1.807, 2.05) is 18.2 Å². The van der Waals surface area contributed by atoms with Crippen LogP contribution in [0, 0.1) is 5.82 Å². The summed E-state index contributed by atoms with van der Waals surface area (Å²) in [7, 11) is 0. The second kappa shape index (κ2) is 7.51. The first-order chi connectivity index (χ1) is 12.7. The highest BCUT2D eigenvalue weighted by Gasteiger charge is 2.28. The number of halogens is 1. The molecule has 4 rings (SSSR count). The summed E-state index contributed by atoms with van der Waals surface area (Å²) in [5, 5.41) is 3.93. The fourth-order valence-electron chi connectivity index (χ4n) is 3.41. The maximum atomic E-state index is 13.0. The van der Waals surface area contributed by atoms with Crippen LogP contribution in [0.4, 0.5) is 10.1 Å². The van der Waals surface area contributed by atoms with Crippen LogP contribution < -0.4 is 5.32 Å². The molecule has 2 heterocycles. The van der Waals surface area contributed by atoms with Gasteiger partial charge in [0.05, 0.1) is 22.8 Å². The Kier molecular flexibility index (Phi) is 4.95. The van der Waals surface area contributed by atoms with E-state index in [0.717, 1.165) is 36.3 Å². The third-order valence-electron chi connectivity index (χ3n) is 4.68. The van der Waals surface area contributed by atoms with Crippen molar-refractivity contribution < 1.29 is 9.18 Å². The van der Waals surface area contributed by atoms with Crippen molar-refractivity contribution in [2.24, 2.45) is 0 Å². The number of hydrogen-bond donors (Lipinski definition) is 1. The number of piperidine rings is 1. The van der Waals surface area contributed by atoms with Crippen LogP contribution in [0.2, 0.25) is 0 Å². The standard InChI is InChI=1S/C20H20FN3OS/c21-14-8-10-15(11-9-14)22-19(25)13-24-12-4-3-6-17(24)20-23-16-5-1-2-7-18(16)26-20/h1-2,5,7-11,17H,3-4,6,12-13H2,(H,22,25)/t17-/m0/s1. The average Bonchev–Trinajstić information content (AvgIpc) is 3.08. The lowest BCUT2D eigenvalue weighted by atomic mass is 10.0. The molecule has 4 nitrogen and oxygen atoms in total. The van der Waals surface area contributed by atoms with Crippen LogP contribution in [-0.2, 0) is 4.79 Å². The largest absolute Gasteiger partial charge is 0.325 e. The summed E-state index contributed by atoms with van der Waals surface area (Å²) in [6.07, 6.45) is 3.26. The minimum Gasteiger partial charge on any atom is -0.325 e. The molecule has 0 saturated carbocycles. The Morgan fingerprint density at radius 3 is 2.81 bits per heavy atom. The van der Waals surface area contributed by atoms with Gasteiger partial charge in [-0.1, -0.05) is 18.6 Å². The third kappa shape index (κ3) is 3.76. The molecule has 0 aliphatic carbocycles. The first-order valence-electron chi connectivity index (χ1n) is 8.84. The number of benzene rings is 2. The number of anilines is 1. The summed E-state index contributed by atoms with van der Waals surface area (Å²) in [5.74, 6) is -0.389. The molecular weight excluding hydrogens is 349 g/mol. The Morgan fingerprint density at radius 1 is 1.19 bits per heavy atom. The summed E-state index contributed by atoms with van der Waals surface area (Å²) in [6.45, 7) is 1.20. The van der Waals surface area contributed by atoms with E-state index in [0.29, 0.717) is 12.2 Å². The summed E-state index contributed by atoms with van der Waals surface area (Å²) in [4.78, 5) is 19.5. The van der Waals surface area contributed by atoms with Gasteiger partial charge in [-0.25, -0.2) is 9.37 Å². The van der Waals surface area contributed by atoms with Gasteiger partial charge >= 0.3 is 0 Å². The van der Waals surface area contributed by atoms with Gasteiger partial charge in [0.2, 0.25) is 5.91 Å². The van der Waals surface area contributed by atoms with Crippen LogP contribution in [0.1, 0.15) is 30.3 Å². The van der Waals surface area contributed by atoms with E-state index in [1.54, 1.807) is 23.5 Å². The molecule has 134 valence electrons. The normalized spacial score (nSPS) is 18.1. The zero-order valence-corrected chi connectivity index (χ0v) is 15.1. The molecule has 0 unspecified atom stereocenters. The molecule has 1 saturated heterocycles. The molecule has 0 bridgehead atoms. The zero-order chi connectivity index (χ0) is 17.9. The predicted molar refractivity (Wildman–Crippen MR) is 103 cm³/mol. The molecule has 2 aromatic carbocycles. The monoisotopic (exact) mass is 369 g/mol. The molecule has 0 spiro atoms. The molecule has 1 aromatic heterocycles. The van der Waals surface area contributed by atoms with Gasteiger partial charge in [-0.05, 0) is 55.8 Å². The van der Waals surface area contributed by atoms with E-state index in [4.69, 9.17) is 4.98 Å². The number of carbonyl (C=O) groups is 1. The lowest BCUT2D eigenvalue weighted by molar-refractivity contribution is -0.118. The fraction of sp³-hybridized carbons (Fsp3) is 0.300. The van der Waals surface area contributed by atoms with Crippen molar-refractivity contribution in [1.82, 2.24) is 9.88 Å². The molecule has 0 radical (unpaired) electrons. The highest BCUT2D eigenvalue weighted by atomic mass is 32.1. The van der Waals surface area contributed by atoms with E-state index in [-0.39, 0.29) is 17.8 Å². The molecule has 26 heavy (non-hydrogen) atoms. The van der Waals surface area contributed by atoms with Crippen LogP contribution in [0.5, 0.6) is 0 Å². The van der Waals surface area contributed by atoms with Gasteiger partial charge in [-0.15, -0.1) is 11.3 Å². The molecule has 1 fully saturated rings. The lowest BCUT2D eigenvalue weighted by Crippen LogP contribution is -2.39. The Bertz CT molecular complexity index is 876. The molecule has 1 aliphatic rings. The van der Waals surface area contributed by atoms with Gasteiger partial charge in [0.1, 0.15) is 10.8 Å². The number of nitrogens with one attached hydrogen (secondary N) is 1. The molecule has 1 atom stereocenters. The molecular formula is C20H20FN3OS. The van der Waals surface area contributed by atoms with Gasteiger partial charge in [-0.3, -0.25) is 9.69 Å². The van der Waals surface area contributed by atoms with Crippen LogP contribution in [0.25, 0.3) is 10.2 Å². The third-order valence-corrected chi connectivity index (χ3v) is 5.82. The van der Waals surface area contributed by atoms with E-state index in [1.165, 1.54) is 16.8 Å². The number of carbonyl (C=O) groups excluding carboxylic acids is 1. The Balaban J connectivity index is 1.48. The molecule has 6 heteroatoms. The lowest BCUT2D eigenvalue weighted by Gasteiger charge is -2.33. The van der Waals surface area contributed by atoms with Crippen molar-refractivity contribution in [2.45, 2.75) is 25.3 Å². The first kappa shape index (κ1) is 17.1. The topological polar surface area (TPSA) is 45.2 Å². The van der Waals surface area contributed by atoms with Gasteiger partial charge in [0, 0.05) is 5.69 Å². The van der Waals surface area contributed by atoms with Gasteiger partial charge in [0.25, 0.3) is 0 Å². The summed E-state index contributed by atoms with van der Waals surface area (Å²) < 4.78 is 14.2. The quantitative estimate of drug-likeness (QED) is 0.731. The number of likely N-dealkylation sites (tertiary alicyclic amines) is 1. The van der Waals surface area contributed by atoms with Crippen LogP contribution in [-0.4, -0.2) is 28.9 Å². The fourth-order valence-corrected chi connectivity index (χ4v) is 4.55. The van der Waals surface area contributed by atoms with E-state index in [9.17, 15) is 9.18 Å². The minimum absolute atomic E-state index is 0.0791. The molecule has 3 aromatic rings. The zero-order valence-electron chi connectivity index (χ0n) is 14.3. The van der Waals surface area contributed by atoms with Crippen molar-refractivity contribution in [1.29, 1.82) is 0 Å². The summed E-state index contributed by atoms with van der Waals surface area (Å²) in [5.41, 5.74) is 1.64. The van der Waals surface area contributed by atoms with Crippen molar-refractivity contribution in [3.05, 3.63) is 59.4 Å². The SMILES string of the molecule is O=C(CN1CCCC[C@H]1c1nc2ccccc2s1)Nc1ccc(F)cc1. The number of fused-ring (bicyclic) bond motifs is 1. The van der Waals surface area contributed by atoms with Gasteiger partial charge in [-0.2, -0.15) is 0 Å². The smallest absolute Gasteiger partial charge is 0.238 e. The number of hydrogen-bond acceptors (Lipinski definition) is 4. The first-order valence-corrected chi connectivity index (χ1v) is 9.65. The van der Waals surface area contributed by atoms with E-state index >= 15 is 0 Å². The highest BCUT2D eigenvalue weighted by Crippen LogP contribution is 2.35. The van der Waals surface area contributed by atoms with E-state index in [2.05, 4.69) is 16.3 Å². The number of thiazole rings is 1. The van der Waals surface area contributed by atoms with Crippen LogP contribution >= 0.6 is 11.3 Å². The molecule has 1 amide bonds. The Morgan fingerprint density at radius 2 is 2.00 bits per heavy atom. The number of nitrogens with zero attached hydrogens (tertiary/aromatic N) is 2. The van der Waals surface area contributed by atoms with Gasteiger partial charge in [0.15, 0.2) is 0 Å². The highest BCUT2D eigenvalue weighted by molar-refractivity contribution is 7.18. The molecule has 1 aliphatic heterocycles. The van der Waals surface area contributed by atoms with Gasteiger partial charge < -0.3 is 5.32 Å².